The summed E-state index contributed by atoms with van der Waals surface area (Å²) < 4.78 is 11.3. The summed E-state index contributed by atoms with van der Waals surface area (Å²) in [5.74, 6) is -3.19. The Bertz CT molecular complexity index is 1070. The zero-order valence-electron chi connectivity index (χ0n) is 16.7. The van der Waals surface area contributed by atoms with Gasteiger partial charge in [-0.15, -0.1) is 0 Å². The summed E-state index contributed by atoms with van der Waals surface area (Å²) in [5, 5.41) is 20.8. The van der Waals surface area contributed by atoms with Crippen LogP contribution in [-0.2, 0) is 27.2 Å². The van der Waals surface area contributed by atoms with E-state index in [1.807, 2.05) is 0 Å². The second-order valence-corrected chi connectivity index (χ2v) is 7.45. The van der Waals surface area contributed by atoms with Crippen LogP contribution in [0.15, 0.2) is 21.3 Å². The van der Waals surface area contributed by atoms with E-state index in [0.717, 1.165) is 24.0 Å². The van der Waals surface area contributed by atoms with Crippen molar-refractivity contribution in [2.45, 2.75) is 58.1 Å². The maximum absolute atomic E-state index is 12.4. The van der Waals surface area contributed by atoms with Crippen LogP contribution in [0.25, 0.3) is 11.0 Å². The normalized spacial score (nSPS) is 15.1. The second kappa shape index (κ2) is 8.56. The molecule has 30 heavy (non-hydrogen) atoms. The highest BCUT2D eigenvalue weighted by Gasteiger charge is 2.27. The first kappa shape index (κ1) is 21.4. The van der Waals surface area contributed by atoms with Gasteiger partial charge in [0.1, 0.15) is 17.4 Å². The number of hydrogen-bond donors (Lipinski definition) is 3. The average molecular weight is 417 g/mol. The fourth-order valence-corrected chi connectivity index (χ4v) is 3.67. The van der Waals surface area contributed by atoms with Crippen LogP contribution in [-0.4, -0.2) is 40.2 Å². The Labute approximate surface area is 171 Å². The Hall–Kier alpha value is -3.36. The summed E-state index contributed by atoms with van der Waals surface area (Å²) in [6.07, 6.45) is 1.27. The number of aliphatic carboxylic acids is 2. The van der Waals surface area contributed by atoms with E-state index in [1.165, 1.54) is 6.92 Å². The predicted molar refractivity (Wildman–Crippen MR) is 106 cm³/mol. The van der Waals surface area contributed by atoms with Crippen LogP contribution in [0, 0.1) is 6.92 Å². The molecular formula is C21H23NO8. The van der Waals surface area contributed by atoms with Crippen molar-refractivity contribution in [1.29, 1.82) is 0 Å². The first-order chi connectivity index (χ1) is 14.2. The van der Waals surface area contributed by atoms with Crippen LogP contribution in [0.2, 0.25) is 0 Å². The molecule has 0 spiro atoms. The molecule has 3 N–H and O–H groups in total. The number of hydrogen-bond acceptors (Lipinski definition) is 6. The van der Waals surface area contributed by atoms with Gasteiger partial charge in [0, 0.05) is 5.56 Å². The molecule has 1 amide bonds. The molecule has 0 aliphatic heterocycles. The number of fused-ring (bicyclic) bond motifs is 3. The van der Waals surface area contributed by atoms with Crippen molar-refractivity contribution >= 4 is 28.8 Å². The van der Waals surface area contributed by atoms with Crippen molar-refractivity contribution in [3.05, 3.63) is 39.2 Å². The van der Waals surface area contributed by atoms with Crippen LogP contribution < -0.4 is 15.7 Å². The first-order valence-corrected chi connectivity index (χ1v) is 9.68. The summed E-state index contributed by atoms with van der Waals surface area (Å²) in [4.78, 5) is 46.8. The molecule has 0 saturated carbocycles. The number of amides is 1. The maximum atomic E-state index is 12.4. The minimum atomic E-state index is -1.57. The van der Waals surface area contributed by atoms with E-state index in [0.29, 0.717) is 35.1 Å². The van der Waals surface area contributed by atoms with Crippen molar-refractivity contribution < 1.29 is 33.8 Å². The van der Waals surface area contributed by atoms with Crippen molar-refractivity contribution in [1.82, 2.24) is 5.32 Å². The molecule has 0 saturated heterocycles. The third-order valence-electron chi connectivity index (χ3n) is 5.10. The van der Waals surface area contributed by atoms with E-state index in [4.69, 9.17) is 19.4 Å². The Morgan fingerprint density at radius 1 is 1.17 bits per heavy atom. The number of carbonyl (C=O) groups is 3. The highest BCUT2D eigenvalue weighted by atomic mass is 16.5. The molecule has 1 aromatic carbocycles. The highest BCUT2D eigenvalue weighted by molar-refractivity contribution is 5.91. The topological polar surface area (TPSA) is 143 Å². The number of rotatable bonds is 7. The smallest absolute Gasteiger partial charge is 0.339 e. The van der Waals surface area contributed by atoms with Gasteiger partial charge in [0.05, 0.1) is 11.8 Å². The molecule has 9 nitrogen and oxygen atoms in total. The zero-order chi connectivity index (χ0) is 22.0. The van der Waals surface area contributed by atoms with Gasteiger partial charge in [-0.05, 0) is 62.8 Å². The monoisotopic (exact) mass is 417 g/mol. The van der Waals surface area contributed by atoms with Crippen LogP contribution in [0.5, 0.6) is 5.75 Å². The minimum absolute atomic E-state index is 0.361. The molecule has 160 valence electrons. The molecule has 2 unspecified atom stereocenters. The third kappa shape index (κ3) is 4.45. The van der Waals surface area contributed by atoms with E-state index in [2.05, 4.69) is 5.32 Å². The maximum Gasteiger partial charge on any atom is 0.339 e. The van der Waals surface area contributed by atoms with Gasteiger partial charge in [0.25, 0.3) is 5.91 Å². The average Bonchev–Trinajstić information content (AvgIpc) is 2.66. The van der Waals surface area contributed by atoms with Gasteiger partial charge in [0.15, 0.2) is 6.10 Å². The lowest BCUT2D eigenvalue weighted by Crippen LogP contribution is -2.47. The SMILES string of the molecule is Cc1cc(OC(C)C(=O)NC(CC(=O)O)C(=O)O)c2c3c(c(=O)oc2c1)CCCC3. The molecule has 2 atom stereocenters. The summed E-state index contributed by atoms with van der Waals surface area (Å²) >= 11 is 0. The molecule has 9 heteroatoms. The van der Waals surface area contributed by atoms with Crippen LogP contribution in [0.3, 0.4) is 0 Å². The lowest BCUT2D eigenvalue weighted by atomic mass is 9.90. The number of carbonyl (C=O) groups excluding carboxylic acids is 1. The molecule has 1 aliphatic rings. The van der Waals surface area contributed by atoms with E-state index in [1.54, 1.807) is 19.1 Å². The molecular weight excluding hydrogens is 394 g/mol. The Morgan fingerprint density at radius 2 is 1.83 bits per heavy atom. The number of benzene rings is 1. The number of carboxylic acid groups (broad SMARTS) is 2. The van der Waals surface area contributed by atoms with Gasteiger partial charge in [-0.3, -0.25) is 9.59 Å². The fraction of sp³-hybridized carbons (Fsp3) is 0.429. The van der Waals surface area contributed by atoms with Crippen molar-refractivity contribution in [2.75, 3.05) is 0 Å². The number of nitrogens with one attached hydrogen (secondary N) is 1. The standard InChI is InChI=1S/C21H23NO8/c1-10-7-15(29-11(2)19(25)22-14(20(26)27)9-17(23)24)18-12-5-3-4-6-13(12)21(28)30-16(18)8-10/h7-8,11,14H,3-6,9H2,1-2H3,(H,22,25)(H,23,24)(H,26,27). The molecule has 1 aliphatic carbocycles. The Morgan fingerprint density at radius 3 is 2.47 bits per heavy atom. The number of ether oxygens (including phenoxy) is 1. The predicted octanol–water partition coefficient (Wildman–Crippen LogP) is 1.79. The van der Waals surface area contributed by atoms with Crippen LogP contribution in [0.1, 0.15) is 42.9 Å². The minimum Gasteiger partial charge on any atom is -0.481 e. The van der Waals surface area contributed by atoms with Gasteiger partial charge >= 0.3 is 17.6 Å². The molecule has 3 rings (SSSR count). The summed E-state index contributed by atoms with van der Waals surface area (Å²) in [5.41, 5.74) is 2.24. The summed E-state index contributed by atoms with van der Waals surface area (Å²) in [6.45, 7) is 3.23. The van der Waals surface area contributed by atoms with Gasteiger partial charge < -0.3 is 24.7 Å². The van der Waals surface area contributed by atoms with Crippen molar-refractivity contribution in [3.8, 4) is 5.75 Å². The van der Waals surface area contributed by atoms with Gasteiger partial charge in [-0.1, -0.05) is 0 Å². The van der Waals surface area contributed by atoms with E-state index in [9.17, 15) is 19.2 Å². The van der Waals surface area contributed by atoms with Gasteiger partial charge in [-0.25, -0.2) is 9.59 Å². The Kier molecular flexibility index (Phi) is 6.09. The van der Waals surface area contributed by atoms with Crippen molar-refractivity contribution in [3.63, 3.8) is 0 Å². The zero-order valence-corrected chi connectivity index (χ0v) is 16.7. The molecule has 0 fully saturated rings. The van der Waals surface area contributed by atoms with E-state index < -0.39 is 36.4 Å². The number of aryl methyl sites for hydroxylation is 2. The molecule has 2 aromatic rings. The lowest BCUT2D eigenvalue weighted by molar-refractivity contribution is -0.147. The lowest BCUT2D eigenvalue weighted by Gasteiger charge is -2.21. The fourth-order valence-electron chi connectivity index (χ4n) is 3.67. The number of carboxylic acids is 2. The van der Waals surface area contributed by atoms with Crippen molar-refractivity contribution in [2.24, 2.45) is 0 Å². The summed E-state index contributed by atoms with van der Waals surface area (Å²) in [7, 11) is 0. The second-order valence-electron chi connectivity index (χ2n) is 7.45. The quantitative estimate of drug-likeness (QED) is 0.579. The van der Waals surface area contributed by atoms with Gasteiger partial charge in [-0.2, -0.15) is 0 Å². The largest absolute Gasteiger partial charge is 0.481 e. The molecule has 1 aromatic heterocycles. The first-order valence-electron chi connectivity index (χ1n) is 9.68. The molecule has 0 radical (unpaired) electrons. The van der Waals surface area contributed by atoms with Crippen LogP contribution >= 0.6 is 0 Å². The van der Waals surface area contributed by atoms with E-state index in [-0.39, 0.29) is 5.63 Å². The van der Waals surface area contributed by atoms with Gasteiger partial charge in [0.2, 0.25) is 0 Å². The molecule has 1 heterocycles. The third-order valence-corrected chi connectivity index (χ3v) is 5.10. The summed E-state index contributed by atoms with van der Waals surface area (Å²) in [6, 6.07) is 1.89. The highest BCUT2D eigenvalue weighted by Crippen LogP contribution is 2.35. The van der Waals surface area contributed by atoms with Crippen LogP contribution in [0.4, 0.5) is 0 Å². The van der Waals surface area contributed by atoms with E-state index >= 15 is 0 Å². The molecule has 0 bridgehead atoms. The Balaban J connectivity index is 1.93.